The number of benzene rings is 3. The van der Waals surface area contributed by atoms with Gasteiger partial charge in [0, 0.05) is 21.9 Å². The van der Waals surface area contributed by atoms with Crippen molar-refractivity contribution in [1.29, 1.82) is 21.0 Å². The number of rotatable bonds is 2. The zero-order valence-electron chi connectivity index (χ0n) is 23.8. The highest BCUT2D eigenvalue weighted by Gasteiger charge is 2.42. The molecule has 5 rings (SSSR count). The summed E-state index contributed by atoms with van der Waals surface area (Å²) < 4.78 is 179. The molecule has 18 heteroatoms. The number of furan rings is 2. The average molecular weight is 708 g/mol. The average Bonchev–Trinajstić information content (AvgIpc) is 3.64. The van der Waals surface area contributed by atoms with Crippen molar-refractivity contribution < 1.29 is 61.5 Å². The van der Waals surface area contributed by atoms with Crippen LogP contribution in [0.1, 0.15) is 22.3 Å². The molecule has 50 heavy (non-hydrogen) atoms. The molecule has 0 saturated heterocycles. The Morgan fingerprint density at radius 1 is 0.460 bits per heavy atom. The normalized spacial score (nSPS) is 12.3. The van der Waals surface area contributed by atoms with Crippen molar-refractivity contribution in [3.8, 4) is 46.5 Å². The minimum Gasteiger partial charge on any atom is -0.454 e. The summed E-state index contributed by atoms with van der Waals surface area (Å²) in [6.45, 7) is 0. The fourth-order valence-electron chi connectivity index (χ4n) is 5.17. The Labute approximate surface area is 268 Å². The number of alkyl halides is 12. The van der Waals surface area contributed by atoms with Gasteiger partial charge in [0.25, 0.3) is 0 Å². The van der Waals surface area contributed by atoms with E-state index in [1.54, 1.807) is 0 Å². The van der Waals surface area contributed by atoms with Gasteiger partial charge in [-0.15, -0.1) is 0 Å². The van der Waals surface area contributed by atoms with Crippen LogP contribution in [0.5, 0.6) is 0 Å². The first kappa shape index (κ1) is 34.9. The van der Waals surface area contributed by atoms with Crippen LogP contribution in [0.4, 0.5) is 52.7 Å². The van der Waals surface area contributed by atoms with E-state index in [0.29, 0.717) is 24.3 Å². The molecule has 252 valence electrons. The summed E-state index contributed by atoms with van der Waals surface area (Å²) >= 11 is 0. The molecule has 0 N–H and O–H groups in total. The van der Waals surface area contributed by atoms with Crippen molar-refractivity contribution in [2.45, 2.75) is 24.7 Å². The molecular formula is C32H8F12N4O2. The van der Waals surface area contributed by atoms with E-state index in [2.05, 4.69) is 0 Å². The third kappa shape index (κ3) is 5.92. The van der Waals surface area contributed by atoms with Gasteiger partial charge in [0.2, 0.25) is 0 Å². The highest BCUT2D eigenvalue weighted by molar-refractivity contribution is 6.19. The Morgan fingerprint density at radius 3 is 1.04 bits per heavy atom. The van der Waals surface area contributed by atoms with Crippen molar-refractivity contribution in [2.24, 2.45) is 0 Å². The molecule has 0 saturated carbocycles. The summed E-state index contributed by atoms with van der Waals surface area (Å²) in [5.41, 5.74) is -16.4. The van der Waals surface area contributed by atoms with E-state index in [4.69, 9.17) is 8.83 Å². The van der Waals surface area contributed by atoms with Crippen LogP contribution in [0, 0.1) is 45.3 Å². The molecule has 2 aromatic heterocycles. The Balaban J connectivity index is 2.16. The number of hydrogen-bond acceptors (Lipinski definition) is 6. The molecule has 2 heterocycles. The zero-order chi connectivity index (χ0) is 37.1. The summed E-state index contributed by atoms with van der Waals surface area (Å²) in [5.74, 6) is 0. The minimum atomic E-state index is -5.56. The molecule has 0 unspecified atom stereocenters. The van der Waals surface area contributed by atoms with Crippen molar-refractivity contribution in [3.05, 3.63) is 81.6 Å². The summed E-state index contributed by atoms with van der Waals surface area (Å²) in [6.07, 6.45) is -21.7. The van der Waals surface area contributed by atoms with Crippen molar-refractivity contribution in [3.63, 3.8) is 0 Å². The fourth-order valence-corrected chi connectivity index (χ4v) is 5.17. The van der Waals surface area contributed by atoms with Crippen molar-refractivity contribution in [2.75, 3.05) is 0 Å². The molecule has 6 nitrogen and oxygen atoms in total. The molecule has 0 bridgehead atoms. The monoisotopic (exact) mass is 708 g/mol. The van der Waals surface area contributed by atoms with Gasteiger partial charge < -0.3 is 8.83 Å². The maximum atomic E-state index is 14.4. The van der Waals surface area contributed by atoms with E-state index in [-0.39, 0.29) is 24.3 Å². The molecule has 5 aromatic rings. The lowest BCUT2D eigenvalue weighted by Crippen LogP contribution is -2.12. The number of nitriles is 4. The van der Waals surface area contributed by atoms with Gasteiger partial charge in [-0.3, -0.25) is 0 Å². The molecule has 0 spiro atoms. The summed E-state index contributed by atoms with van der Waals surface area (Å²) in [7, 11) is 0. The van der Waals surface area contributed by atoms with E-state index in [1.807, 2.05) is 0 Å². The highest BCUT2D eigenvalue weighted by atomic mass is 19.4. The van der Waals surface area contributed by atoms with Gasteiger partial charge in [0.1, 0.15) is 35.4 Å². The molecule has 0 atom stereocenters. The van der Waals surface area contributed by atoms with E-state index in [1.165, 1.54) is 24.3 Å². The van der Waals surface area contributed by atoms with Crippen LogP contribution in [0.2, 0.25) is 0 Å². The Kier molecular flexibility index (Phi) is 8.13. The number of nitrogens with zero attached hydrogens (tertiary/aromatic N) is 4. The molecule has 0 amide bonds. The number of fused-ring (bicyclic) bond motifs is 2. The Hall–Kier alpha value is -6.40. The number of halogens is 12. The molecule has 0 aliphatic rings. The van der Waals surface area contributed by atoms with E-state index in [9.17, 15) is 73.7 Å². The first-order chi connectivity index (χ1) is 23.1. The van der Waals surface area contributed by atoms with Crippen LogP contribution < -0.4 is 10.8 Å². The predicted octanol–water partition coefficient (Wildman–Crippen LogP) is 8.98. The van der Waals surface area contributed by atoms with Crippen LogP contribution in [0.25, 0.3) is 55.3 Å². The first-order valence-corrected chi connectivity index (χ1v) is 13.1. The third-order valence-corrected chi connectivity index (χ3v) is 7.24. The van der Waals surface area contributed by atoms with Crippen molar-refractivity contribution in [1.82, 2.24) is 0 Å². The van der Waals surface area contributed by atoms with E-state index < -0.39 is 113 Å². The van der Waals surface area contributed by atoms with Gasteiger partial charge in [0.15, 0.2) is 22.0 Å². The lowest BCUT2D eigenvalue weighted by Gasteiger charge is -2.19. The zero-order valence-corrected chi connectivity index (χ0v) is 23.8. The molecular weight excluding hydrogens is 700 g/mol. The summed E-state index contributed by atoms with van der Waals surface area (Å²) in [6, 6.07) is 7.62. The lowest BCUT2D eigenvalue weighted by atomic mass is 9.88. The summed E-state index contributed by atoms with van der Waals surface area (Å²) in [4.78, 5) is 0. The fraction of sp³-hybridized carbons (Fsp3) is 0.125. The van der Waals surface area contributed by atoms with Gasteiger partial charge in [-0.1, -0.05) is 12.1 Å². The predicted molar refractivity (Wildman–Crippen MR) is 145 cm³/mol. The molecule has 3 aromatic carbocycles. The summed E-state index contributed by atoms with van der Waals surface area (Å²) in [5, 5.41) is 36.3. The maximum absolute atomic E-state index is 14.4. The van der Waals surface area contributed by atoms with E-state index >= 15 is 0 Å². The standard InChI is InChI=1S/C32H8F12N4O2/c33-29(34,35)15-1-3-17(21(5-15)31(39,40)41)25-19-7-23(13(9-45)10-46)50-28(19)26(20-8-24(49-27(20)25)14(11-47)12-48)18-4-2-16(30(36,37)38)6-22(18)32(42,43)44/h1-8H. The smallest absolute Gasteiger partial charge is 0.417 e. The van der Waals surface area contributed by atoms with Crippen LogP contribution in [-0.4, -0.2) is 0 Å². The van der Waals surface area contributed by atoms with Gasteiger partial charge in [0.05, 0.1) is 22.3 Å². The topological polar surface area (TPSA) is 121 Å². The van der Waals surface area contributed by atoms with Crippen LogP contribution in [0.3, 0.4) is 0 Å². The molecule has 0 fully saturated rings. The second kappa shape index (κ2) is 11.6. The quantitative estimate of drug-likeness (QED) is 0.169. The van der Waals surface area contributed by atoms with Gasteiger partial charge in [-0.05, 0) is 47.5 Å². The number of hydrogen-bond donors (Lipinski definition) is 0. The lowest BCUT2D eigenvalue weighted by molar-refractivity contribution is -0.144. The van der Waals surface area contributed by atoms with Gasteiger partial charge >= 0.3 is 24.7 Å². The molecule has 0 aliphatic carbocycles. The van der Waals surface area contributed by atoms with Crippen molar-refractivity contribution >= 4 is 33.1 Å². The molecule has 0 aliphatic heterocycles. The van der Waals surface area contributed by atoms with Crippen LogP contribution in [-0.2, 0) is 24.7 Å². The Bertz CT molecular complexity index is 2270. The van der Waals surface area contributed by atoms with Gasteiger partial charge in [-0.2, -0.15) is 73.7 Å². The second-order valence-electron chi connectivity index (χ2n) is 10.2. The third-order valence-electron chi connectivity index (χ3n) is 7.24. The molecule has 0 radical (unpaired) electrons. The second-order valence-corrected chi connectivity index (χ2v) is 10.2. The minimum absolute atomic E-state index is 0.239. The SMILES string of the molecule is N#CC(C#N)=c1cc2c(-c3ccc(C(F)(F)F)cc3C(F)(F)F)c3oc(=C(C#N)C#N)cc3c(-c3ccc(C(F)(F)F)cc3C(F)(F)F)c2o1. The highest BCUT2D eigenvalue weighted by Crippen LogP contribution is 2.50. The maximum Gasteiger partial charge on any atom is 0.417 e. The first-order valence-electron chi connectivity index (χ1n) is 13.1. The van der Waals surface area contributed by atoms with Crippen LogP contribution >= 0.6 is 0 Å². The Morgan fingerprint density at radius 2 is 0.780 bits per heavy atom. The van der Waals surface area contributed by atoms with E-state index in [0.717, 1.165) is 0 Å². The largest absolute Gasteiger partial charge is 0.454 e. The van der Waals surface area contributed by atoms with Crippen LogP contribution in [0.15, 0.2) is 57.4 Å². The van der Waals surface area contributed by atoms with Gasteiger partial charge in [-0.25, -0.2) is 0 Å².